The van der Waals surface area contributed by atoms with Gasteiger partial charge in [-0.15, -0.1) is 0 Å². The highest BCUT2D eigenvalue weighted by Gasteiger charge is 2.24. The van der Waals surface area contributed by atoms with Gasteiger partial charge in [-0.3, -0.25) is 29.4 Å². The number of primary amides is 1. The van der Waals surface area contributed by atoms with Crippen molar-refractivity contribution in [2.24, 2.45) is 5.73 Å². The summed E-state index contributed by atoms with van der Waals surface area (Å²) in [6.45, 7) is 2.46. The molecule has 2 unspecified atom stereocenters. The molecule has 2 aromatic carbocycles. The van der Waals surface area contributed by atoms with Gasteiger partial charge in [-0.05, 0) is 31.4 Å². The molecule has 0 aliphatic carbocycles. The monoisotopic (exact) mass is 580 g/mol. The Bertz CT molecular complexity index is 1270. The smallest absolute Gasteiger partial charge is 0.408 e. The van der Waals surface area contributed by atoms with Gasteiger partial charge in [0.2, 0.25) is 17.7 Å². The minimum atomic E-state index is -1.18. The van der Waals surface area contributed by atoms with Crippen molar-refractivity contribution in [3.63, 3.8) is 0 Å². The van der Waals surface area contributed by atoms with Crippen molar-refractivity contribution in [2.45, 2.75) is 39.0 Å². The van der Waals surface area contributed by atoms with Crippen molar-refractivity contribution in [1.29, 1.82) is 0 Å². The van der Waals surface area contributed by atoms with E-state index in [2.05, 4.69) is 16.1 Å². The number of amides is 6. The van der Waals surface area contributed by atoms with Gasteiger partial charge in [0.05, 0.1) is 0 Å². The van der Waals surface area contributed by atoms with Gasteiger partial charge >= 0.3 is 6.09 Å². The Kier molecular flexibility index (Phi) is 13.2. The van der Waals surface area contributed by atoms with E-state index in [0.717, 1.165) is 23.3 Å². The molecule has 0 radical (unpaired) electrons. The maximum Gasteiger partial charge on any atom is 0.408 e. The van der Waals surface area contributed by atoms with Crippen molar-refractivity contribution < 1.29 is 33.5 Å². The number of likely N-dealkylation sites (N-methyl/N-ethyl adjacent to an activating group) is 1. The Morgan fingerprint density at radius 2 is 1.36 bits per heavy atom. The van der Waals surface area contributed by atoms with E-state index in [0.29, 0.717) is 18.0 Å². The number of carbonyl (C=O) groups is 6. The van der Waals surface area contributed by atoms with Crippen LogP contribution in [0.1, 0.15) is 25.0 Å². The summed E-state index contributed by atoms with van der Waals surface area (Å²) in [6.07, 6.45) is 1.70. The van der Waals surface area contributed by atoms with Crippen LogP contribution in [0, 0.1) is 0 Å². The minimum Gasteiger partial charge on any atom is -0.445 e. The topological polar surface area (TPSA) is 180 Å². The summed E-state index contributed by atoms with van der Waals surface area (Å²) in [5, 5.41) is 5.38. The molecule has 0 aromatic heterocycles. The van der Waals surface area contributed by atoms with Gasteiger partial charge < -0.3 is 26.0 Å². The third kappa shape index (κ3) is 11.9. The van der Waals surface area contributed by atoms with E-state index in [1.165, 1.54) is 18.7 Å². The van der Waals surface area contributed by atoms with Crippen LogP contribution in [0.3, 0.4) is 0 Å². The molecule has 2 aromatic rings. The second-order valence-corrected chi connectivity index (χ2v) is 9.35. The van der Waals surface area contributed by atoms with E-state index in [1.807, 2.05) is 36.4 Å². The van der Waals surface area contributed by atoms with E-state index in [4.69, 9.17) is 10.5 Å². The molecule has 6 amide bonds. The number of alkyl carbamates (subject to hydrolysis) is 1. The molecular formula is C29H36N6O7. The third-order valence-electron chi connectivity index (χ3n) is 5.84. The number of benzene rings is 2. The molecule has 2 atom stereocenters. The van der Waals surface area contributed by atoms with Crippen LogP contribution in [0.4, 0.5) is 4.79 Å². The lowest BCUT2D eigenvalue weighted by Crippen LogP contribution is -2.56. The van der Waals surface area contributed by atoms with Gasteiger partial charge in [0.25, 0.3) is 11.8 Å². The lowest BCUT2D eigenvalue weighted by atomic mass is 10.1. The number of nitrogens with two attached hydrogens (primary N) is 1. The van der Waals surface area contributed by atoms with Crippen LogP contribution in [-0.2, 0) is 41.7 Å². The number of carbonyl (C=O) groups excluding carboxylic acids is 6. The van der Waals surface area contributed by atoms with E-state index in [-0.39, 0.29) is 6.61 Å². The average Bonchev–Trinajstić information content (AvgIpc) is 2.97. The summed E-state index contributed by atoms with van der Waals surface area (Å²) in [7, 11) is 1.58. The molecule has 0 spiro atoms. The highest BCUT2D eigenvalue weighted by Crippen LogP contribution is 2.02. The number of hydrazine groups is 1. The van der Waals surface area contributed by atoms with Gasteiger partial charge in [-0.1, -0.05) is 60.7 Å². The molecule has 13 heteroatoms. The van der Waals surface area contributed by atoms with Crippen LogP contribution in [0.25, 0.3) is 0 Å². The first-order valence-electron chi connectivity index (χ1n) is 13.1. The number of nitrogens with zero attached hydrogens (tertiary/aromatic N) is 2. The quantitative estimate of drug-likeness (QED) is 0.196. The van der Waals surface area contributed by atoms with Gasteiger partial charge in [-0.2, -0.15) is 0 Å². The zero-order valence-electron chi connectivity index (χ0n) is 23.7. The summed E-state index contributed by atoms with van der Waals surface area (Å²) in [6, 6.07) is 16.3. The number of ether oxygens (including phenoxy) is 1. The van der Waals surface area contributed by atoms with E-state index in [1.54, 1.807) is 31.3 Å². The maximum absolute atomic E-state index is 12.7. The Hall–Kier alpha value is -5.20. The van der Waals surface area contributed by atoms with Crippen molar-refractivity contribution in [2.75, 3.05) is 20.1 Å². The fourth-order valence-corrected chi connectivity index (χ4v) is 3.38. The highest BCUT2D eigenvalue weighted by molar-refractivity contribution is 5.99. The summed E-state index contributed by atoms with van der Waals surface area (Å²) < 4.78 is 5.07. The fraction of sp³-hybridized carbons (Fsp3) is 0.310. The maximum atomic E-state index is 12.7. The molecule has 0 saturated heterocycles. The lowest BCUT2D eigenvalue weighted by Gasteiger charge is -2.24. The first-order valence-corrected chi connectivity index (χ1v) is 13.1. The molecule has 13 nitrogen and oxygen atoms in total. The van der Waals surface area contributed by atoms with E-state index < -0.39 is 54.3 Å². The second kappa shape index (κ2) is 16.8. The molecule has 0 fully saturated rings. The standard InChI is InChI=1S/C29H36N6O7/c1-20(32-29(41)42-19-23-12-8-5-9-13-23)27(39)31-21(2)28(40)33-35(18-24(30)36)26(38)15-14-25(37)34(3)17-16-22-10-6-4-7-11-22/h4-15,20-21H,16-19H2,1-3H3,(H2,30,36)(H,31,39)(H,32,41)(H,33,40)/b15-14+. The second-order valence-electron chi connectivity index (χ2n) is 9.35. The van der Waals surface area contributed by atoms with Crippen LogP contribution in [0.5, 0.6) is 0 Å². The molecule has 5 N–H and O–H groups in total. The fourth-order valence-electron chi connectivity index (χ4n) is 3.38. The number of hydrogen-bond donors (Lipinski definition) is 4. The summed E-state index contributed by atoms with van der Waals surface area (Å²) in [5.74, 6) is -3.83. The molecule has 0 heterocycles. The van der Waals surface area contributed by atoms with Crippen molar-refractivity contribution in [1.82, 2.24) is 26.0 Å². The molecular weight excluding hydrogens is 544 g/mol. The Balaban J connectivity index is 1.86. The van der Waals surface area contributed by atoms with Crippen molar-refractivity contribution >= 4 is 35.6 Å². The zero-order valence-corrected chi connectivity index (χ0v) is 23.7. The van der Waals surface area contributed by atoms with Crippen LogP contribution >= 0.6 is 0 Å². The van der Waals surface area contributed by atoms with Gasteiger partial charge in [-0.25, -0.2) is 9.80 Å². The Labute approximate surface area is 244 Å². The summed E-state index contributed by atoms with van der Waals surface area (Å²) >= 11 is 0. The number of hydrogen-bond acceptors (Lipinski definition) is 7. The molecule has 2 rings (SSSR count). The predicted molar refractivity (Wildman–Crippen MR) is 153 cm³/mol. The average molecular weight is 581 g/mol. The summed E-state index contributed by atoms with van der Waals surface area (Å²) in [5.41, 5.74) is 9.22. The third-order valence-corrected chi connectivity index (χ3v) is 5.84. The summed E-state index contributed by atoms with van der Waals surface area (Å²) in [4.78, 5) is 75.2. The minimum absolute atomic E-state index is 0.00751. The first-order chi connectivity index (χ1) is 20.0. The number of rotatable bonds is 13. The highest BCUT2D eigenvalue weighted by atomic mass is 16.5. The lowest BCUT2D eigenvalue weighted by molar-refractivity contribution is -0.142. The molecule has 0 bridgehead atoms. The van der Waals surface area contributed by atoms with Crippen molar-refractivity contribution in [3.8, 4) is 0 Å². The largest absolute Gasteiger partial charge is 0.445 e. The van der Waals surface area contributed by atoms with Gasteiger partial charge in [0.1, 0.15) is 25.2 Å². The zero-order chi connectivity index (χ0) is 31.1. The molecule has 0 aliphatic rings. The van der Waals surface area contributed by atoms with Crippen molar-refractivity contribution in [3.05, 3.63) is 83.9 Å². The van der Waals surface area contributed by atoms with Crippen LogP contribution in [0.15, 0.2) is 72.8 Å². The normalized spacial score (nSPS) is 12.0. The number of nitrogens with one attached hydrogen (secondary N) is 3. The first kappa shape index (κ1) is 33.0. The Morgan fingerprint density at radius 3 is 1.95 bits per heavy atom. The van der Waals surface area contributed by atoms with E-state index >= 15 is 0 Å². The molecule has 0 saturated carbocycles. The van der Waals surface area contributed by atoms with Crippen LogP contribution in [-0.4, -0.2) is 77.8 Å². The molecule has 42 heavy (non-hydrogen) atoms. The van der Waals surface area contributed by atoms with Crippen LogP contribution in [0.2, 0.25) is 0 Å². The Morgan fingerprint density at radius 1 is 0.810 bits per heavy atom. The molecule has 0 aliphatic heterocycles. The van der Waals surface area contributed by atoms with Crippen LogP contribution < -0.4 is 21.8 Å². The van der Waals surface area contributed by atoms with Gasteiger partial charge in [0.15, 0.2) is 0 Å². The SMILES string of the molecule is CC(NC(=O)OCc1ccccc1)C(=O)NC(C)C(=O)NN(CC(N)=O)C(=O)/C=C/C(=O)N(C)CCc1ccccc1. The predicted octanol–water partition coefficient (Wildman–Crippen LogP) is 0.408. The van der Waals surface area contributed by atoms with Gasteiger partial charge in [0, 0.05) is 25.7 Å². The van der Waals surface area contributed by atoms with E-state index in [9.17, 15) is 28.8 Å². The molecule has 224 valence electrons.